The quantitative estimate of drug-likeness (QED) is 0.803. The zero-order valence-corrected chi connectivity index (χ0v) is 9.86. The summed E-state index contributed by atoms with van der Waals surface area (Å²) in [6, 6.07) is 4.97. The molecule has 0 radical (unpaired) electrons. The summed E-state index contributed by atoms with van der Waals surface area (Å²) in [5.41, 5.74) is 0.441. The Bertz CT molecular complexity index is 275. The fourth-order valence-corrected chi connectivity index (χ4v) is 3.06. The first kappa shape index (κ1) is 10.2. The minimum Gasteiger partial charge on any atom is -0.309 e. The highest BCUT2D eigenvalue weighted by molar-refractivity contribution is 7.09. The fourth-order valence-electron chi connectivity index (χ4n) is 2.23. The third-order valence-electron chi connectivity index (χ3n) is 3.14. The van der Waals surface area contributed by atoms with E-state index in [-0.39, 0.29) is 0 Å². The van der Waals surface area contributed by atoms with Crippen LogP contribution >= 0.6 is 11.3 Å². The Kier molecular flexibility index (Phi) is 2.93. The molecule has 0 aliphatic heterocycles. The number of nitrogens with one attached hydrogen (secondary N) is 1. The lowest BCUT2D eigenvalue weighted by molar-refractivity contribution is 0.189. The molecule has 1 aromatic heterocycles. The average Bonchev–Trinajstić information content (AvgIpc) is 2.53. The van der Waals surface area contributed by atoms with E-state index in [2.05, 4.69) is 36.7 Å². The number of rotatable bonds is 4. The van der Waals surface area contributed by atoms with Gasteiger partial charge in [0, 0.05) is 16.5 Å². The van der Waals surface area contributed by atoms with Crippen LogP contribution in [0, 0.1) is 0 Å². The zero-order valence-electron chi connectivity index (χ0n) is 9.05. The van der Waals surface area contributed by atoms with Crippen LogP contribution in [-0.2, 0) is 6.42 Å². The van der Waals surface area contributed by atoms with Crippen molar-refractivity contribution in [3.05, 3.63) is 22.4 Å². The van der Waals surface area contributed by atoms with Gasteiger partial charge >= 0.3 is 0 Å². The van der Waals surface area contributed by atoms with Gasteiger partial charge in [-0.25, -0.2) is 0 Å². The normalized spacial score (nSPS) is 21.6. The first-order valence-corrected chi connectivity index (χ1v) is 6.36. The van der Waals surface area contributed by atoms with Gasteiger partial charge in [-0.2, -0.15) is 0 Å². The zero-order chi connectivity index (χ0) is 10.0. The van der Waals surface area contributed by atoms with E-state index >= 15 is 0 Å². The van der Waals surface area contributed by atoms with Crippen molar-refractivity contribution in [1.82, 2.24) is 5.32 Å². The van der Waals surface area contributed by atoms with Crippen molar-refractivity contribution >= 4 is 11.3 Å². The van der Waals surface area contributed by atoms with E-state index in [1.807, 2.05) is 11.3 Å². The molecule has 1 heterocycles. The van der Waals surface area contributed by atoms with Gasteiger partial charge in [-0.1, -0.05) is 6.07 Å². The molecular weight excluding hydrogens is 190 g/mol. The van der Waals surface area contributed by atoms with Crippen molar-refractivity contribution in [2.24, 2.45) is 0 Å². The lowest BCUT2D eigenvalue weighted by Gasteiger charge is -2.41. The van der Waals surface area contributed by atoms with Crippen LogP contribution in [0.1, 0.15) is 38.0 Å². The minimum absolute atomic E-state index is 0.441. The lowest BCUT2D eigenvalue weighted by Crippen LogP contribution is -2.52. The van der Waals surface area contributed by atoms with Gasteiger partial charge < -0.3 is 5.32 Å². The largest absolute Gasteiger partial charge is 0.309 e. The summed E-state index contributed by atoms with van der Waals surface area (Å²) in [5, 5.41) is 5.90. The van der Waals surface area contributed by atoms with E-state index in [4.69, 9.17) is 0 Å². The molecule has 1 atom stereocenters. The molecule has 1 aliphatic rings. The summed E-state index contributed by atoms with van der Waals surface area (Å²) in [6.45, 7) is 4.64. The van der Waals surface area contributed by atoms with Crippen LogP contribution in [0.25, 0.3) is 0 Å². The molecule has 1 unspecified atom stereocenters. The topological polar surface area (TPSA) is 12.0 Å². The van der Waals surface area contributed by atoms with Gasteiger partial charge in [-0.3, -0.25) is 0 Å². The number of thiophene rings is 1. The molecule has 0 aromatic carbocycles. The smallest absolute Gasteiger partial charge is 0.0156 e. The molecule has 2 rings (SSSR count). The predicted molar refractivity (Wildman–Crippen MR) is 62.9 cm³/mol. The Morgan fingerprint density at radius 1 is 1.57 bits per heavy atom. The maximum atomic E-state index is 3.74. The SMILES string of the molecule is CC(Cc1cccs1)NC1(C)CCC1. The predicted octanol–water partition coefficient (Wildman–Crippen LogP) is 3.21. The van der Waals surface area contributed by atoms with Crippen molar-refractivity contribution in [3.8, 4) is 0 Å². The van der Waals surface area contributed by atoms with Gasteiger partial charge in [-0.05, 0) is 51.0 Å². The molecule has 14 heavy (non-hydrogen) atoms. The molecule has 78 valence electrons. The maximum Gasteiger partial charge on any atom is 0.0156 e. The first-order chi connectivity index (χ1) is 6.68. The first-order valence-electron chi connectivity index (χ1n) is 5.48. The van der Waals surface area contributed by atoms with E-state index in [0.717, 1.165) is 0 Å². The van der Waals surface area contributed by atoms with Crippen molar-refractivity contribution in [3.63, 3.8) is 0 Å². The molecular formula is C12H19NS. The Morgan fingerprint density at radius 2 is 2.36 bits per heavy atom. The standard InChI is InChI=1S/C12H19NS/c1-10(9-11-5-3-8-14-11)13-12(2)6-4-7-12/h3,5,8,10,13H,4,6-7,9H2,1-2H3. The average molecular weight is 209 g/mol. The van der Waals surface area contributed by atoms with Gasteiger partial charge in [0.2, 0.25) is 0 Å². The second kappa shape index (κ2) is 4.03. The van der Waals surface area contributed by atoms with E-state index in [1.165, 1.54) is 30.6 Å². The van der Waals surface area contributed by atoms with E-state index in [1.54, 1.807) is 0 Å². The number of hydrogen-bond acceptors (Lipinski definition) is 2. The monoisotopic (exact) mass is 209 g/mol. The molecule has 1 nitrogen and oxygen atoms in total. The summed E-state index contributed by atoms with van der Waals surface area (Å²) < 4.78 is 0. The molecule has 0 saturated heterocycles. The number of hydrogen-bond donors (Lipinski definition) is 1. The summed E-state index contributed by atoms with van der Waals surface area (Å²) in [5.74, 6) is 0. The lowest BCUT2D eigenvalue weighted by atomic mass is 9.78. The van der Waals surface area contributed by atoms with Crippen LogP contribution in [0.5, 0.6) is 0 Å². The molecule has 1 aliphatic carbocycles. The van der Waals surface area contributed by atoms with Crippen LogP contribution in [0.15, 0.2) is 17.5 Å². The van der Waals surface area contributed by atoms with E-state index in [0.29, 0.717) is 11.6 Å². The highest BCUT2D eigenvalue weighted by Gasteiger charge is 2.32. The molecule has 0 amide bonds. The van der Waals surface area contributed by atoms with E-state index < -0.39 is 0 Å². The molecule has 1 saturated carbocycles. The van der Waals surface area contributed by atoms with Crippen molar-refractivity contribution in [2.75, 3.05) is 0 Å². The minimum atomic E-state index is 0.441. The molecule has 2 heteroatoms. The summed E-state index contributed by atoms with van der Waals surface area (Å²) >= 11 is 1.86. The Hall–Kier alpha value is -0.340. The second-order valence-electron chi connectivity index (χ2n) is 4.74. The van der Waals surface area contributed by atoms with Crippen LogP contribution < -0.4 is 5.32 Å². The van der Waals surface area contributed by atoms with Crippen molar-refractivity contribution in [2.45, 2.75) is 51.1 Å². The van der Waals surface area contributed by atoms with Crippen LogP contribution in [0.2, 0.25) is 0 Å². The van der Waals surface area contributed by atoms with Gasteiger partial charge in [0.25, 0.3) is 0 Å². The van der Waals surface area contributed by atoms with Crippen molar-refractivity contribution < 1.29 is 0 Å². The summed E-state index contributed by atoms with van der Waals surface area (Å²) in [4.78, 5) is 1.49. The Morgan fingerprint density at radius 3 is 2.86 bits per heavy atom. The molecule has 0 bridgehead atoms. The molecule has 1 aromatic rings. The van der Waals surface area contributed by atoms with Gasteiger partial charge in [0.05, 0.1) is 0 Å². The third kappa shape index (κ3) is 2.37. The van der Waals surface area contributed by atoms with Crippen LogP contribution in [0.4, 0.5) is 0 Å². The summed E-state index contributed by atoms with van der Waals surface area (Å²) in [7, 11) is 0. The van der Waals surface area contributed by atoms with Crippen LogP contribution in [0.3, 0.4) is 0 Å². The highest BCUT2D eigenvalue weighted by atomic mass is 32.1. The molecule has 0 spiro atoms. The van der Waals surface area contributed by atoms with Crippen LogP contribution in [-0.4, -0.2) is 11.6 Å². The van der Waals surface area contributed by atoms with Gasteiger partial charge in [0.15, 0.2) is 0 Å². The van der Waals surface area contributed by atoms with Crippen molar-refractivity contribution in [1.29, 1.82) is 0 Å². The maximum absolute atomic E-state index is 3.74. The van der Waals surface area contributed by atoms with Gasteiger partial charge in [-0.15, -0.1) is 11.3 Å². The van der Waals surface area contributed by atoms with Gasteiger partial charge in [0.1, 0.15) is 0 Å². The fraction of sp³-hybridized carbons (Fsp3) is 0.667. The van der Waals surface area contributed by atoms with E-state index in [9.17, 15) is 0 Å². The summed E-state index contributed by atoms with van der Waals surface area (Å²) in [6.07, 6.45) is 5.27. The third-order valence-corrected chi connectivity index (χ3v) is 4.04. The Balaban J connectivity index is 1.81. The molecule has 1 N–H and O–H groups in total. The molecule has 1 fully saturated rings. The highest BCUT2D eigenvalue weighted by Crippen LogP contribution is 2.31. The second-order valence-corrected chi connectivity index (χ2v) is 5.78. The Labute approximate surface area is 90.5 Å².